The zero-order valence-corrected chi connectivity index (χ0v) is 16.9. The van der Waals surface area contributed by atoms with E-state index in [-0.39, 0.29) is 24.0 Å². The highest BCUT2D eigenvalue weighted by Crippen LogP contribution is 2.30. The van der Waals surface area contributed by atoms with Crippen molar-refractivity contribution in [1.82, 2.24) is 24.9 Å². The van der Waals surface area contributed by atoms with Gasteiger partial charge in [0.15, 0.2) is 0 Å². The standard InChI is InChI=1S/C22H22N6O3/c29-21(17-2-1-8-23-12-17)26-10-7-18(13-26)16-3-5-19(6-4-16)28-15-20(31-22(28)30)14-27-11-9-24-25-27/h1-6,8-9,11-12,18,20H,7,10,13-15H2/t18?,20-/m0/s1. The van der Waals surface area contributed by atoms with Crippen LogP contribution >= 0.6 is 0 Å². The Balaban J connectivity index is 1.21. The molecule has 0 N–H and O–H groups in total. The zero-order valence-electron chi connectivity index (χ0n) is 16.9. The Bertz CT molecular complexity index is 1050. The number of carbonyl (C=O) groups is 2. The molecule has 3 aromatic rings. The van der Waals surface area contributed by atoms with Crippen LogP contribution in [0, 0.1) is 0 Å². The number of ether oxygens (including phenoxy) is 1. The van der Waals surface area contributed by atoms with Crippen molar-refractivity contribution in [3.63, 3.8) is 0 Å². The number of carbonyl (C=O) groups excluding carboxylic acids is 2. The number of nitrogens with zero attached hydrogens (tertiary/aromatic N) is 6. The maximum atomic E-state index is 12.7. The zero-order chi connectivity index (χ0) is 21.2. The average Bonchev–Trinajstić information content (AvgIpc) is 3.56. The molecule has 4 heterocycles. The van der Waals surface area contributed by atoms with Crippen molar-refractivity contribution in [3.05, 3.63) is 72.3 Å². The molecular formula is C22H22N6O3. The lowest BCUT2D eigenvalue weighted by molar-refractivity contribution is 0.0790. The molecule has 0 radical (unpaired) electrons. The molecule has 5 rings (SSSR count). The molecule has 2 amide bonds. The number of hydrogen-bond donors (Lipinski definition) is 0. The lowest BCUT2D eigenvalue weighted by Gasteiger charge is -2.17. The molecule has 2 aliphatic rings. The van der Waals surface area contributed by atoms with Crippen molar-refractivity contribution in [2.45, 2.75) is 25.0 Å². The maximum Gasteiger partial charge on any atom is 0.414 e. The number of benzene rings is 1. The van der Waals surface area contributed by atoms with Crippen LogP contribution in [0.3, 0.4) is 0 Å². The van der Waals surface area contributed by atoms with Crippen LogP contribution in [-0.2, 0) is 11.3 Å². The maximum absolute atomic E-state index is 12.7. The van der Waals surface area contributed by atoms with Crippen LogP contribution in [0.25, 0.3) is 0 Å². The first-order valence-corrected chi connectivity index (χ1v) is 10.3. The van der Waals surface area contributed by atoms with Gasteiger partial charge in [-0.2, -0.15) is 0 Å². The van der Waals surface area contributed by atoms with Crippen LogP contribution in [0.2, 0.25) is 0 Å². The van der Waals surface area contributed by atoms with Crippen molar-refractivity contribution in [2.24, 2.45) is 0 Å². The number of anilines is 1. The molecule has 1 aromatic carbocycles. The lowest BCUT2D eigenvalue weighted by atomic mass is 9.98. The van der Waals surface area contributed by atoms with E-state index in [1.54, 1.807) is 46.5 Å². The first kappa shape index (κ1) is 19.2. The molecule has 158 valence electrons. The fourth-order valence-electron chi connectivity index (χ4n) is 4.18. The van der Waals surface area contributed by atoms with Gasteiger partial charge >= 0.3 is 6.09 Å². The van der Waals surface area contributed by atoms with E-state index in [0.717, 1.165) is 24.2 Å². The van der Waals surface area contributed by atoms with Gasteiger partial charge in [0.2, 0.25) is 0 Å². The van der Waals surface area contributed by atoms with E-state index < -0.39 is 0 Å². The topological polar surface area (TPSA) is 93.5 Å². The molecule has 2 fully saturated rings. The second-order valence-electron chi connectivity index (χ2n) is 7.81. The number of pyridine rings is 1. The third-order valence-corrected chi connectivity index (χ3v) is 5.80. The quantitative estimate of drug-likeness (QED) is 0.631. The number of rotatable bonds is 5. The molecule has 2 atom stereocenters. The predicted octanol–water partition coefficient (Wildman–Crippen LogP) is 2.33. The highest BCUT2D eigenvalue weighted by molar-refractivity contribution is 5.94. The van der Waals surface area contributed by atoms with Crippen LogP contribution in [0.4, 0.5) is 10.5 Å². The number of amides is 2. The van der Waals surface area contributed by atoms with Gasteiger partial charge in [-0.25, -0.2) is 9.48 Å². The van der Waals surface area contributed by atoms with Crippen LogP contribution in [0.5, 0.6) is 0 Å². The summed E-state index contributed by atoms with van der Waals surface area (Å²) >= 11 is 0. The molecular weight excluding hydrogens is 396 g/mol. The van der Waals surface area contributed by atoms with Crippen molar-refractivity contribution in [2.75, 3.05) is 24.5 Å². The minimum absolute atomic E-state index is 0.0189. The van der Waals surface area contributed by atoms with E-state index in [9.17, 15) is 9.59 Å². The van der Waals surface area contributed by atoms with Gasteiger partial charge in [0, 0.05) is 43.3 Å². The Morgan fingerprint density at radius 1 is 1.13 bits per heavy atom. The minimum Gasteiger partial charge on any atom is -0.442 e. The van der Waals surface area contributed by atoms with Gasteiger partial charge in [0.1, 0.15) is 6.10 Å². The first-order valence-electron chi connectivity index (χ1n) is 10.3. The van der Waals surface area contributed by atoms with Crippen molar-refractivity contribution < 1.29 is 14.3 Å². The smallest absolute Gasteiger partial charge is 0.414 e. The lowest BCUT2D eigenvalue weighted by Crippen LogP contribution is -2.28. The van der Waals surface area contributed by atoms with Gasteiger partial charge in [-0.3, -0.25) is 14.7 Å². The van der Waals surface area contributed by atoms with Gasteiger partial charge in [-0.1, -0.05) is 17.3 Å². The first-order chi connectivity index (χ1) is 15.2. The molecule has 2 aromatic heterocycles. The predicted molar refractivity (Wildman–Crippen MR) is 112 cm³/mol. The summed E-state index contributed by atoms with van der Waals surface area (Å²) in [6.07, 6.45) is 6.91. The number of aromatic nitrogens is 4. The van der Waals surface area contributed by atoms with E-state index in [2.05, 4.69) is 15.3 Å². The summed E-state index contributed by atoms with van der Waals surface area (Å²) in [5.41, 5.74) is 2.58. The van der Waals surface area contributed by atoms with Gasteiger partial charge in [0.25, 0.3) is 5.91 Å². The Kier molecular flexibility index (Phi) is 5.07. The summed E-state index contributed by atoms with van der Waals surface area (Å²) in [4.78, 5) is 32.5. The minimum atomic E-state index is -0.355. The summed E-state index contributed by atoms with van der Waals surface area (Å²) < 4.78 is 7.12. The highest BCUT2D eigenvalue weighted by Gasteiger charge is 2.33. The molecule has 0 bridgehead atoms. The van der Waals surface area contributed by atoms with Crippen LogP contribution in [-0.4, -0.2) is 62.6 Å². The molecule has 2 saturated heterocycles. The summed E-state index contributed by atoms with van der Waals surface area (Å²) in [6.45, 7) is 2.35. The van der Waals surface area contributed by atoms with Crippen LogP contribution in [0.1, 0.15) is 28.3 Å². The molecule has 0 saturated carbocycles. The van der Waals surface area contributed by atoms with Gasteiger partial charge in [-0.15, -0.1) is 5.10 Å². The summed E-state index contributed by atoms with van der Waals surface area (Å²) in [6, 6.07) is 11.5. The summed E-state index contributed by atoms with van der Waals surface area (Å²) in [7, 11) is 0. The largest absolute Gasteiger partial charge is 0.442 e. The van der Waals surface area contributed by atoms with Crippen molar-refractivity contribution >= 4 is 17.7 Å². The molecule has 31 heavy (non-hydrogen) atoms. The number of cyclic esters (lactones) is 1. The number of hydrogen-bond acceptors (Lipinski definition) is 6. The van der Waals surface area contributed by atoms with E-state index >= 15 is 0 Å². The molecule has 9 nitrogen and oxygen atoms in total. The van der Waals surface area contributed by atoms with E-state index in [4.69, 9.17) is 4.74 Å². The normalized spacial score (nSPS) is 20.8. The summed E-state index contributed by atoms with van der Waals surface area (Å²) in [5, 5.41) is 7.69. The van der Waals surface area contributed by atoms with Crippen LogP contribution < -0.4 is 4.90 Å². The van der Waals surface area contributed by atoms with Crippen LogP contribution in [0.15, 0.2) is 61.2 Å². The van der Waals surface area contributed by atoms with Gasteiger partial charge in [0.05, 0.1) is 24.8 Å². The third kappa shape index (κ3) is 3.98. The fraction of sp³-hybridized carbons (Fsp3) is 0.318. The third-order valence-electron chi connectivity index (χ3n) is 5.80. The second kappa shape index (κ2) is 8.17. The Morgan fingerprint density at radius 2 is 2.00 bits per heavy atom. The number of likely N-dealkylation sites (tertiary alicyclic amines) is 1. The highest BCUT2D eigenvalue weighted by atomic mass is 16.6. The van der Waals surface area contributed by atoms with E-state index in [0.29, 0.717) is 25.2 Å². The van der Waals surface area contributed by atoms with E-state index in [1.165, 1.54) is 0 Å². The van der Waals surface area contributed by atoms with Crippen molar-refractivity contribution in [1.29, 1.82) is 0 Å². The molecule has 0 aliphatic carbocycles. The van der Waals surface area contributed by atoms with E-state index in [1.807, 2.05) is 29.2 Å². The van der Waals surface area contributed by atoms with Gasteiger partial charge < -0.3 is 9.64 Å². The molecule has 2 aliphatic heterocycles. The summed E-state index contributed by atoms with van der Waals surface area (Å²) in [5.74, 6) is 0.297. The second-order valence-corrected chi connectivity index (χ2v) is 7.81. The van der Waals surface area contributed by atoms with Crippen molar-refractivity contribution in [3.8, 4) is 0 Å². The molecule has 1 unspecified atom stereocenters. The SMILES string of the molecule is O=C(c1cccnc1)N1CCC(c2ccc(N3C[C@H](Cn4ccnn4)OC3=O)cc2)C1. The van der Waals surface area contributed by atoms with Gasteiger partial charge in [-0.05, 0) is 36.2 Å². The Morgan fingerprint density at radius 3 is 2.74 bits per heavy atom. The Hall–Kier alpha value is -3.75. The Labute approximate surface area is 179 Å². The monoisotopic (exact) mass is 418 g/mol. The fourth-order valence-corrected chi connectivity index (χ4v) is 4.18. The molecule has 0 spiro atoms. The average molecular weight is 418 g/mol. The molecule has 9 heteroatoms.